The van der Waals surface area contributed by atoms with Gasteiger partial charge in [0.15, 0.2) is 0 Å². The van der Waals surface area contributed by atoms with Crippen molar-refractivity contribution in [1.82, 2.24) is 14.5 Å². The Bertz CT molecular complexity index is 1140. The lowest BCUT2D eigenvalue weighted by Crippen LogP contribution is -2.53. The number of hydrogen-bond donors (Lipinski definition) is 2. The molecule has 31 heavy (non-hydrogen) atoms. The summed E-state index contributed by atoms with van der Waals surface area (Å²) >= 11 is 6.19. The monoisotopic (exact) mass is 441 g/mol. The number of anilines is 2. The lowest BCUT2D eigenvalue weighted by atomic mass is 9.99. The largest absolute Gasteiger partial charge is 0.340 e. The molecule has 1 amide bonds. The second-order valence-corrected chi connectivity index (χ2v) is 8.60. The van der Waals surface area contributed by atoms with Crippen LogP contribution in [0.4, 0.5) is 15.9 Å². The molecule has 8 heteroatoms. The summed E-state index contributed by atoms with van der Waals surface area (Å²) in [6.45, 7) is 6.90. The second kappa shape index (κ2) is 7.98. The zero-order chi connectivity index (χ0) is 22.3. The first kappa shape index (κ1) is 21.3. The minimum Gasteiger partial charge on any atom is -0.340 e. The van der Waals surface area contributed by atoms with Gasteiger partial charge in [-0.05, 0) is 68.8 Å². The molecule has 0 bridgehead atoms. The van der Waals surface area contributed by atoms with Gasteiger partial charge in [0, 0.05) is 29.4 Å². The molecule has 1 aromatic heterocycles. The molecule has 1 aliphatic rings. The third-order valence-electron chi connectivity index (χ3n) is 5.75. The first-order valence-corrected chi connectivity index (χ1v) is 10.5. The average Bonchev–Trinajstić information content (AvgIpc) is 3.10. The fourth-order valence-corrected chi connectivity index (χ4v) is 4.20. The highest BCUT2D eigenvalue weighted by molar-refractivity contribution is 6.31. The number of hydrogen-bond acceptors (Lipinski definition) is 4. The van der Waals surface area contributed by atoms with Crippen LogP contribution in [0.1, 0.15) is 25.2 Å². The molecular formula is C23H25ClFN5O. The molecule has 0 saturated carbocycles. The molecule has 162 valence electrons. The number of imidazole rings is 1. The predicted molar refractivity (Wildman–Crippen MR) is 121 cm³/mol. The summed E-state index contributed by atoms with van der Waals surface area (Å²) in [5, 5.41) is 4.17. The highest BCUT2D eigenvalue weighted by Crippen LogP contribution is 2.39. The van der Waals surface area contributed by atoms with E-state index in [1.165, 1.54) is 12.1 Å². The number of nitrogens with two attached hydrogens (primary N) is 1. The molecule has 0 atom stereocenters. The van der Waals surface area contributed by atoms with Gasteiger partial charge in [0.05, 0.1) is 12.1 Å². The number of fused-ring (bicyclic) bond motifs is 1. The average molecular weight is 442 g/mol. The Morgan fingerprint density at radius 3 is 2.58 bits per heavy atom. The van der Waals surface area contributed by atoms with Gasteiger partial charge in [-0.25, -0.2) is 9.37 Å². The standard InChI is InChI=1S/C23H25ClFN5O/c1-14-12-17(8-9-18(14)24)27-21-20(15-4-6-16(25)7-5-15)28-22-23(2,3)30(19(31)13-26)11-10-29(21)22/h4-9,12,27H,10-11,13,26H2,1-3H3. The number of nitrogens with one attached hydrogen (secondary N) is 1. The summed E-state index contributed by atoms with van der Waals surface area (Å²) in [4.78, 5) is 19.1. The van der Waals surface area contributed by atoms with E-state index in [-0.39, 0.29) is 18.3 Å². The van der Waals surface area contributed by atoms with E-state index in [4.69, 9.17) is 22.3 Å². The molecule has 0 unspecified atom stereocenters. The molecular weight excluding hydrogens is 417 g/mol. The number of halogens is 2. The van der Waals surface area contributed by atoms with E-state index >= 15 is 0 Å². The number of aryl methyl sites for hydroxylation is 1. The van der Waals surface area contributed by atoms with E-state index in [9.17, 15) is 9.18 Å². The van der Waals surface area contributed by atoms with Crippen LogP contribution in [0.2, 0.25) is 5.02 Å². The van der Waals surface area contributed by atoms with Gasteiger partial charge in [-0.2, -0.15) is 0 Å². The SMILES string of the molecule is Cc1cc(Nc2c(-c3ccc(F)cc3)nc3n2CCN(C(=O)CN)C3(C)C)ccc1Cl. The highest BCUT2D eigenvalue weighted by Gasteiger charge is 2.41. The zero-order valence-electron chi connectivity index (χ0n) is 17.7. The normalized spacial score (nSPS) is 15.0. The Morgan fingerprint density at radius 1 is 1.23 bits per heavy atom. The van der Waals surface area contributed by atoms with Crippen molar-refractivity contribution >= 4 is 29.0 Å². The summed E-state index contributed by atoms with van der Waals surface area (Å²) in [5.74, 6) is 1.10. The van der Waals surface area contributed by atoms with Crippen LogP contribution in [0.15, 0.2) is 42.5 Å². The van der Waals surface area contributed by atoms with Crippen molar-refractivity contribution in [3.63, 3.8) is 0 Å². The molecule has 2 aromatic carbocycles. The van der Waals surface area contributed by atoms with Gasteiger partial charge >= 0.3 is 0 Å². The van der Waals surface area contributed by atoms with Crippen molar-refractivity contribution in [3.05, 3.63) is 64.7 Å². The second-order valence-electron chi connectivity index (χ2n) is 8.19. The minimum atomic E-state index is -0.653. The Balaban J connectivity index is 1.86. The highest BCUT2D eigenvalue weighted by atomic mass is 35.5. The van der Waals surface area contributed by atoms with Crippen molar-refractivity contribution in [3.8, 4) is 11.3 Å². The molecule has 6 nitrogen and oxygen atoms in total. The number of benzene rings is 2. The zero-order valence-corrected chi connectivity index (χ0v) is 18.5. The Labute approximate surface area is 185 Å². The maximum atomic E-state index is 13.6. The quantitative estimate of drug-likeness (QED) is 0.628. The fraction of sp³-hybridized carbons (Fsp3) is 0.304. The number of amides is 1. The maximum absolute atomic E-state index is 13.6. The lowest BCUT2D eigenvalue weighted by Gasteiger charge is -2.42. The fourth-order valence-electron chi connectivity index (χ4n) is 4.08. The van der Waals surface area contributed by atoms with Crippen LogP contribution in [0, 0.1) is 12.7 Å². The van der Waals surface area contributed by atoms with Gasteiger partial charge in [-0.1, -0.05) is 11.6 Å². The Morgan fingerprint density at radius 2 is 1.94 bits per heavy atom. The van der Waals surface area contributed by atoms with Crippen molar-refractivity contribution in [1.29, 1.82) is 0 Å². The van der Waals surface area contributed by atoms with E-state index in [2.05, 4.69) is 9.88 Å². The molecule has 3 aromatic rings. The van der Waals surface area contributed by atoms with Crippen molar-refractivity contribution in [2.24, 2.45) is 5.73 Å². The van der Waals surface area contributed by atoms with Gasteiger partial charge < -0.3 is 20.5 Å². The Kier molecular flexibility index (Phi) is 5.49. The van der Waals surface area contributed by atoms with E-state index < -0.39 is 5.54 Å². The van der Waals surface area contributed by atoms with E-state index in [0.717, 1.165) is 28.5 Å². The summed E-state index contributed by atoms with van der Waals surface area (Å²) < 4.78 is 15.6. The van der Waals surface area contributed by atoms with E-state index in [0.29, 0.717) is 23.8 Å². The molecule has 1 aliphatic heterocycles. The van der Waals surface area contributed by atoms with Gasteiger partial charge in [0.1, 0.15) is 23.2 Å². The van der Waals surface area contributed by atoms with E-state index in [1.807, 2.05) is 39.0 Å². The number of carbonyl (C=O) groups is 1. The molecule has 4 rings (SSSR count). The molecule has 0 spiro atoms. The van der Waals surface area contributed by atoms with Crippen LogP contribution in [-0.2, 0) is 16.9 Å². The minimum absolute atomic E-state index is 0.0515. The third-order valence-corrected chi connectivity index (χ3v) is 6.17. The number of aromatic nitrogens is 2. The molecule has 0 aliphatic carbocycles. The summed E-state index contributed by atoms with van der Waals surface area (Å²) in [6, 6.07) is 12.0. The van der Waals surface area contributed by atoms with E-state index in [1.54, 1.807) is 17.0 Å². The maximum Gasteiger partial charge on any atom is 0.237 e. The third kappa shape index (κ3) is 3.79. The van der Waals surface area contributed by atoms with Crippen LogP contribution < -0.4 is 11.1 Å². The topological polar surface area (TPSA) is 76.2 Å². The molecule has 2 heterocycles. The van der Waals surface area contributed by atoms with Crippen LogP contribution in [0.25, 0.3) is 11.3 Å². The van der Waals surface area contributed by atoms with Gasteiger partial charge in [-0.3, -0.25) is 4.79 Å². The van der Waals surface area contributed by atoms with Crippen molar-refractivity contribution in [2.75, 3.05) is 18.4 Å². The molecule has 0 radical (unpaired) electrons. The number of rotatable bonds is 4. The summed E-state index contributed by atoms with van der Waals surface area (Å²) in [6.07, 6.45) is 0. The summed E-state index contributed by atoms with van der Waals surface area (Å²) in [5.41, 5.74) is 8.28. The summed E-state index contributed by atoms with van der Waals surface area (Å²) in [7, 11) is 0. The van der Waals surface area contributed by atoms with Crippen LogP contribution in [0.3, 0.4) is 0 Å². The first-order chi connectivity index (χ1) is 14.7. The number of carbonyl (C=O) groups excluding carboxylic acids is 1. The smallest absolute Gasteiger partial charge is 0.237 e. The van der Waals surface area contributed by atoms with Crippen molar-refractivity contribution in [2.45, 2.75) is 32.9 Å². The first-order valence-electron chi connectivity index (χ1n) is 10.1. The Hall–Kier alpha value is -2.90. The van der Waals surface area contributed by atoms with Crippen molar-refractivity contribution < 1.29 is 9.18 Å². The van der Waals surface area contributed by atoms with Crippen LogP contribution in [-0.4, -0.2) is 33.4 Å². The van der Waals surface area contributed by atoms with Crippen LogP contribution in [0.5, 0.6) is 0 Å². The van der Waals surface area contributed by atoms with Gasteiger partial charge in [0.2, 0.25) is 5.91 Å². The van der Waals surface area contributed by atoms with Gasteiger partial charge in [0.25, 0.3) is 0 Å². The van der Waals surface area contributed by atoms with Gasteiger partial charge in [-0.15, -0.1) is 0 Å². The lowest BCUT2D eigenvalue weighted by molar-refractivity contribution is -0.137. The molecule has 0 saturated heterocycles. The molecule has 0 fully saturated rings. The molecule has 3 N–H and O–H groups in total. The number of nitrogens with zero attached hydrogens (tertiary/aromatic N) is 3. The predicted octanol–water partition coefficient (Wildman–Crippen LogP) is 4.43. The van der Waals surface area contributed by atoms with Crippen LogP contribution >= 0.6 is 11.6 Å².